The van der Waals surface area contributed by atoms with E-state index in [-0.39, 0.29) is 29.0 Å². The highest BCUT2D eigenvalue weighted by atomic mass is 32.2. The van der Waals surface area contributed by atoms with Gasteiger partial charge in [0.25, 0.3) is 5.91 Å². The standard InChI is InChI=1S/C18H26N2O6S/c1-3-10-19-17(21)13(2)26-18(22)14-6-8-16(9-7-14)27(23,24)20-12-15-5-4-11-25-15/h6-9,13,15,20H,3-5,10-12H2,1-2H3,(H,19,21). The van der Waals surface area contributed by atoms with Gasteiger partial charge in [0, 0.05) is 19.7 Å². The van der Waals surface area contributed by atoms with Gasteiger partial charge in [-0.3, -0.25) is 4.79 Å². The van der Waals surface area contributed by atoms with Crippen molar-refractivity contribution in [3.05, 3.63) is 29.8 Å². The third-order valence-corrected chi connectivity index (χ3v) is 5.57. The predicted octanol–water partition coefficient (Wildman–Crippen LogP) is 1.22. The minimum Gasteiger partial charge on any atom is -0.449 e. The van der Waals surface area contributed by atoms with Gasteiger partial charge in [0.15, 0.2) is 6.10 Å². The van der Waals surface area contributed by atoms with Crippen molar-refractivity contribution >= 4 is 21.9 Å². The molecule has 27 heavy (non-hydrogen) atoms. The molecule has 1 fully saturated rings. The molecule has 1 heterocycles. The Labute approximate surface area is 159 Å². The number of nitrogens with one attached hydrogen (secondary N) is 2. The maximum absolute atomic E-state index is 12.3. The lowest BCUT2D eigenvalue weighted by atomic mass is 10.2. The second kappa shape index (κ2) is 9.82. The molecule has 1 aliphatic rings. The molecule has 2 N–H and O–H groups in total. The van der Waals surface area contributed by atoms with E-state index < -0.39 is 22.1 Å². The van der Waals surface area contributed by atoms with Gasteiger partial charge < -0.3 is 14.8 Å². The number of hydrogen-bond acceptors (Lipinski definition) is 6. The molecule has 1 aliphatic heterocycles. The smallest absolute Gasteiger partial charge is 0.338 e. The summed E-state index contributed by atoms with van der Waals surface area (Å²) >= 11 is 0. The van der Waals surface area contributed by atoms with E-state index in [9.17, 15) is 18.0 Å². The molecule has 0 saturated carbocycles. The number of ether oxygens (including phenoxy) is 2. The van der Waals surface area contributed by atoms with E-state index in [4.69, 9.17) is 9.47 Å². The first-order chi connectivity index (χ1) is 12.8. The van der Waals surface area contributed by atoms with E-state index in [1.807, 2.05) is 6.92 Å². The summed E-state index contributed by atoms with van der Waals surface area (Å²) in [5, 5.41) is 2.64. The van der Waals surface area contributed by atoms with E-state index in [1.165, 1.54) is 31.2 Å². The zero-order chi connectivity index (χ0) is 19.9. The number of benzene rings is 1. The van der Waals surface area contributed by atoms with Gasteiger partial charge in [-0.05, 0) is 50.5 Å². The highest BCUT2D eigenvalue weighted by Gasteiger charge is 2.22. The molecule has 1 amide bonds. The fraction of sp³-hybridized carbons (Fsp3) is 0.556. The first kappa shape index (κ1) is 21.3. The maximum atomic E-state index is 12.3. The molecular formula is C18H26N2O6S. The summed E-state index contributed by atoms with van der Waals surface area (Å²) in [5.41, 5.74) is 0.170. The van der Waals surface area contributed by atoms with E-state index in [2.05, 4.69) is 10.0 Å². The van der Waals surface area contributed by atoms with Crippen molar-refractivity contribution < 1.29 is 27.5 Å². The number of rotatable bonds is 9. The van der Waals surface area contributed by atoms with Crippen LogP contribution in [0.3, 0.4) is 0 Å². The van der Waals surface area contributed by atoms with Gasteiger partial charge in [-0.15, -0.1) is 0 Å². The summed E-state index contributed by atoms with van der Waals surface area (Å²) in [6.07, 6.45) is 1.51. The van der Waals surface area contributed by atoms with Gasteiger partial charge in [0.2, 0.25) is 10.0 Å². The quantitative estimate of drug-likeness (QED) is 0.605. The van der Waals surface area contributed by atoms with E-state index in [0.717, 1.165) is 19.3 Å². The Balaban J connectivity index is 1.92. The SMILES string of the molecule is CCCNC(=O)C(C)OC(=O)c1ccc(S(=O)(=O)NCC2CCCO2)cc1. The first-order valence-electron chi connectivity index (χ1n) is 9.03. The monoisotopic (exact) mass is 398 g/mol. The third-order valence-electron chi connectivity index (χ3n) is 4.13. The Morgan fingerprint density at radius 2 is 2.00 bits per heavy atom. The summed E-state index contributed by atoms with van der Waals surface area (Å²) in [6.45, 7) is 4.78. The second-order valence-electron chi connectivity index (χ2n) is 6.35. The number of esters is 1. The lowest BCUT2D eigenvalue weighted by Gasteiger charge is -2.14. The number of carbonyl (C=O) groups excluding carboxylic acids is 2. The third kappa shape index (κ3) is 6.30. The van der Waals surface area contributed by atoms with Crippen LogP contribution in [0.2, 0.25) is 0 Å². The van der Waals surface area contributed by atoms with Crippen LogP contribution < -0.4 is 10.0 Å². The zero-order valence-electron chi connectivity index (χ0n) is 15.6. The number of hydrogen-bond donors (Lipinski definition) is 2. The number of amides is 1. The normalized spacial score (nSPS) is 18.1. The molecule has 2 unspecified atom stereocenters. The number of carbonyl (C=O) groups is 2. The summed E-state index contributed by atoms with van der Waals surface area (Å²) in [6, 6.07) is 5.38. The molecule has 150 valence electrons. The second-order valence-corrected chi connectivity index (χ2v) is 8.12. The van der Waals surface area contributed by atoms with Crippen LogP contribution in [0.4, 0.5) is 0 Å². The minimum absolute atomic E-state index is 0.0470. The molecule has 9 heteroatoms. The zero-order valence-corrected chi connectivity index (χ0v) is 16.4. The van der Waals surface area contributed by atoms with E-state index in [0.29, 0.717) is 13.2 Å². The Morgan fingerprint density at radius 3 is 2.59 bits per heavy atom. The van der Waals surface area contributed by atoms with Crippen molar-refractivity contribution in [1.82, 2.24) is 10.0 Å². The molecule has 0 radical (unpaired) electrons. The largest absolute Gasteiger partial charge is 0.449 e. The highest BCUT2D eigenvalue weighted by Crippen LogP contribution is 2.14. The topological polar surface area (TPSA) is 111 Å². The van der Waals surface area contributed by atoms with Gasteiger partial charge in [-0.1, -0.05) is 6.92 Å². The molecule has 1 aromatic rings. The van der Waals surface area contributed by atoms with Crippen molar-refractivity contribution in [2.24, 2.45) is 0 Å². The van der Waals surface area contributed by atoms with Crippen LogP contribution in [0.1, 0.15) is 43.5 Å². The van der Waals surface area contributed by atoms with Crippen LogP contribution >= 0.6 is 0 Å². The Kier molecular flexibility index (Phi) is 7.76. The van der Waals surface area contributed by atoms with Crippen molar-refractivity contribution in [2.45, 2.75) is 50.2 Å². The molecule has 8 nitrogen and oxygen atoms in total. The van der Waals surface area contributed by atoms with E-state index in [1.54, 1.807) is 0 Å². The van der Waals surface area contributed by atoms with Crippen LogP contribution in [-0.4, -0.2) is 52.2 Å². The summed E-state index contributed by atoms with van der Waals surface area (Å²) < 4.78 is 37.6. The van der Waals surface area contributed by atoms with Gasteiger partial charge in [0.1, 0.15) is 0 Å². The lowest BCUT2D eigenvalue weighted by molar-refractivity contribution is -0.129. The van der Waals surface area contributed by atoms with Gasteiger partial charge in [-0.2, -0.15) is 0 Å². The minimum atomic E-state index is -3.68. The van der Waals surface area contributed by atoms with Crippen molar-refractivity contribution in [1.29, 1.82) is 0 Å². The molecule has 1 aromatic carbocycles. The Morgan fingerprint density at radius 1 is 1.30 bits per heavy atom. The fourth-order valence-corrected chi connectivity index (χ4v) is 3.60. The molecule has 0 aliphatic carbocycles. The van der Waals surface area contributed by atoms with Crippen molar-refractivity contribution in [3.8, 4) is 0 Å². The summed E-state index contributed by atoms with van der Waals surface area (Å²) in [4.78, 5) is 23.9. The van der Waals surface area contributed by atoms with Crippen LogP contribution in [-0.2, 0) is 24.3 Å². The molecule has 0 bridgehead atoms. The molecule has 0 aromatic heterocycles. The van der Waals surface area contributed by atoms with Crippen molar-refractivity contribution in [3.63, 3.8) is 0 Å². The van der Waals surface area contributed by atoms with E-state index >= 15 is 0 Å². The van der Waals surface area contributed by atoms with Gasteiger partial charge in [0.05, 0.1) is 16.6 Å². The van der Waals surface area contributed by atoms with Gasteiger partial charge >= 0.3 is 5.97 Å². The Bertz CT molecular complexity index is 742. The molecule has 1 saturated heterocycles. The lowest BCUT2D eigenvalue weighted by Crippen LogP contribution is -2.36. The number of sulfonamides is 1. The van der Waals surface area contributed by atoms with Crippen LogP contribution in [0, 0.1) is 0 Å². The molecular weight excluding hydrogens is 372 g/mol. The fourth-order valence-electron chi connectivity index (χ4n) is 2.54. The average Bonchev–Trinajstić information content (AvgIpc) is 3.18. The first-order valence-corrected chi connectivity index (χ1v) is 10.5. The predicted molar refractivity (Wildman–Crippen MR) is 98.8 cm³/mol. The highest BCUT2D eigenvalue weighted by molar-refractivity contribution is 7.89. The van der Waals surface area contributed by atoms with Gasteiger partial charge in [-0.25, -0.2) is 17.9 Å². The molecule has 0 spiro atoms. The maximum Gasteiger partial charge on any atom is 0.338 e. The molecule has 2 atom stereocenters. The molecule has 2 rings (SSSR count). The van der Waals surface area contributed by atoms with Crippen molar-refractivity contribution in [2.75, 3.05) is 19.7 Å². The summed E-state index contributed by atoms with van der Waals surface area (Å²) in [7, 11) is -3.68. The average molecular weight is 398 g/mol. The van der Waals surface area contributed by atoms with Crippen LogP contribution in [0.25, 0.3) is 0 Å². The van der Waals surface area contributed by atoms with Crippen LogP contribution in [0.5, 0.6) is 0 Å². The summed E-state index contributed by atoms with van der Waals surface area (Å²) in [5.74, 6) is -1.06. The Hall–Kier alpha value is -1.97. The van der Waals surface area contributed by atoms with Crippen LogP contribution in [0.15, 0.2) is 29.2 Å².